The SMILES string of the molecule is CC(C)C(C)C(OI)C(C)C. The summed E-state index contributed by atoms with van der Waals surface area (Å²) in [5, 5.41) is 0. The van der Waals surface area contributed by atoms with E-state index in [0.29, 0.717) is 23.9 Å². The van der Waals surface area contributed by atoms with E-state index in [1.54, 1.807) is 0 Å². The molecule has 0 N–H and O–H groups in total. The molecule has 2 heteroatoms. The van der Waals surface area contributed by atoms with Crippen LogP contribution in [0, 0.1) is 17.8 Å². The summed E-state index contributed by atoms with van der Waals surface area (Å²) < 4.78 is 5.40. The average molecular weight is 270 g/mol. The van der Waals surface area contributed by atoms with E-state index in [-0.39, 0.29) is 0 Å². The van der Waals surface area contributed by atoms with Gasteiger partial charge in [0.1, 0.15) is 23.0 Å². The maximum atomic E-state index is 5.40. The van der Waals surface area contributed by atoms with Gasteiger partial charge in [-0.3, -0.25) is 0 Å². The van der Waals surface area contributed by atoms with Crippen molar-refractivity contribution in [2.75, 3.05) is 0 Å². The summed E-state index contributed by atoms with van der Waals surface area (Å²) in [6, 6.07) is 0. The summed E-state index contributed by atoms with van der Waals surface area (Å²) >= 11 is 2.01. The third kappa shape index (κ3) is 3.74. The predicted octanol–water partition coefficient (Wildman–Crippen LogP) is 3.67. The quantitative estimate of drug-likeness (QED) is 0.708. The zero-order chi connectivity index (χ0) is 9.02. The molecule has 2 unspecified atom stereocenters. The minimum absolute atomic E-state index is 0.399. The molecule has 0 aliphatic heterocycles. The van der Waals surface area contributed by atoms with Crippen LogP contribution in [0.4, 0.5) is 0 Å². The van der Waals surface area contributed by atoms with E-state index >= 15 is 0 Å². The van der Waals surface area contributed by atoms with Crippen molar-refractivity contribution >= 4 is 23.0 Å². The third-order valence-electron chi connectivity index (χ3n) is 2.33. The Bertz CT molecular complexity index is 102. The van der Waals surface area contributed by atoms with Crippen LogP contribution in [-0.4, -0.2) is 6.10 Å². The van der Waals surface area contributed by atoms with Gasteiger partial charge in [-0.1, -0.05) is 34.6 Å². The third-order valence-corrected chi connectivity index (χ3v) is 2.92. The molecule has 11 heavy (non-hydrogen) atoms. The zero-order valence-electron chi connectivity index (χ0n) is 8.10. The van der Waals surface area contributed by atoms with Crippen LogP contribution in [0.3, 0.4) is 0 Å². The molecule has 68 valence electrons. The van der Waals surface area contributed by atoms with Crippen LogP contribution in [0.15, 0.2) is 0 Å². The summed E-state index contributed by atoms with van der Waals surface area (Å²) in [5.41, 5.74) is 0. The van der Waals surface area contributed by atoms with Gasteiger partial charge in [0.15, 0.2) is 0 Å². The van der Waals surface area contributed by atoms with Crippen molar-refractivity contribution < 1.29 is 3.07 Å². The molecule has 0 aromatic carbocycles. The summed E-state index contributed by atoms with van der Waals surface area (Å²) in [4.78, 5) is 0. The van der Waals surface area contributed by atoms with Gasteiger partial charge in [-0.05, 0) is 17.8 Å². The molecule has 2 atom stereocenters. The molecule has 0 saturated heterocycles. The summed E-state index contributed by atoms with van der Waals surface area (Å²) in [5.74, 6) is 1.97. The lowest BCUT2D eigenvalue weighted by molar-refractivity contribution is 0.119. The first-order chi connectivity index (χ1) is 5.00. The maximum Gasteiger partial charge on any atom is 0.110 e. The topological polar surface area (TPSA) is 9.23 Å². The highest BCUT2D eigenvalue weighted by atomic mass is 127. The number of halogens is 1. The molecule has 0 heterocycles. The van der Waals surface area contributed by atoms with Gasteiger partial charge in [0.05, 0.1) is 6.10 Å². The summed E-state index contributed by atoms with van der Waals surface area (Å²) in [6.45, 7) is 11.2. The first kappa shape index (κ1) is 11.7. The highest BCUT2D eigenvalue weighted by molar-refractivity contribution is 14.1. The molecular formula is C9H19IO. The van der Waals surface area contributed by atoms with Crippen LogP contribution in [0.2, 0.25) is 0 Å². The van der Waals surface area contributed by atoms with E-state index in [2.05, 4.69) is 34.6 Å². The van der Waals surface area contributed by atoms with Gasteiger partial charge in [-0.15, -0.1) is 0 Å². The number of hydrogen-bond acceptors (Lipinski definition) is 1. The normalized spacial score (nSPS) is 17.5. The Hall–Kier alpha value is 0.690. The van der Waals surface area contributed by atoms with Crippen molar-refractivity contribution in [2.24, 2.45) is 17.8 Å². The average Bonchev–Trinajstić information content (AvgIpc) is 1.88. The van der Waals surface area contributed by atoms with Gasteiger partial charge >= 0.3 is 0 Å². The van der Waals surface area contributed by atoms with E-state index in [4.69, 9.17) is 3.07 Å². The van der Waals surface area contributed by atoms with Gasteiger partial charge in [0.2, 0.25) is 0 Å². The fraction of sp³-hybridized carbons (Fsp3) is 1.00. The van der Waals surface area contributed by atoms with Crippen LogP contribution in [0.5, 0.6) is 0 Å². The minimum Gasteiger partial charge on any atom is -0.312 e. The Balaban J connectivity index is 4.02. The first-order valence-electron chi connectivity index (χ1n) is 4.28. The Morgan fingerprint density at radius 1 is 0.909 bits per heavy atom. The molecule has 0 aromatic rings. The van der Waals surface area contributed by atoms with Crippen molar-refractivity contribution in [3.8, 4) is 0 Å². The molecule has 0 radical (unpaired) electrons. The molecule has 0 amide bonds. The largest absolute Gasteiger partial charge is 0.312 e. The van der Waals surface area contributed by atoms with Crippen molar-refractivity contribution in [3.63, 3.8) is 0 Å². The van der Waals surface area contributed by atoms with Crippen molar-refractivity contribution in [1.82, 2.24) is 0 Å². The highest BCUT2D eigenvalue weighted by Gasteiger charge is 2.23. The van der Waals surface area contributed by atoms with Gasteiger partial charge in [-0.25, -0.2) is 0 Å². The molecule has 0 fully saturated rings. The van der Waals surface area contributed by atoms with E-state index < -0.39 is 0 Å². The Kier molecular flexibility index (Phi) is 5.69. The van der Waals surface area contributed by atoms with Crippen molar-refractivity contribution in [3.05, 3.63) is 0 Å². The lowest BCUT2D eigenvalue weighted by Gasteiger charge is -2.27. The first-order valence-corrected chi connectivity index (χ1v) is 5.16. The second kappa shape index (κ2) is 5.36. The van der Waals surface area contributed by atoms with Crippen LogP contribution < -0.4 is 0 Å². The maximum absolute atomic E-state index is 5.40. The molecule has 1 nitrogen and oxygen atoms in total. The summed E-state index contributed by atoms with van der Waals surface area (Å²) in [7, 11) is 0. The van der Waals surface area contributed by atoms with Gasteiger partial charge in [0, 0.05) is 0 Å². The molecule has 0 saturated carbocycles. The molecule has 0 rings (SSSR count). The van der Waals surface area contributed by atoms with Gasteiger partial charge in [-0.2, -0.15) is 0 Å². The van der Waals surface area contributed by atoms with E-state index in [9.17, 15) is 0 Å². The van der Waals surface area contributed by atoms with E-state index in [1.807, 2.05) is 23.0 Å². The lowest BCUT2D eigenvalue weighted by atomic mass is 9.86. The second-order valence-electron chi connectivity index (χ2n) is 3.90. The van der Waals surface area contributed by atoms with Crippen LogP contribution in [0.1, 0.15) is 34.6 Å². The van der Waals surface area contributed by atoms with E-state index in [0.717, 1.165) is 0 Å². The molecule has 0 aliphatic rings. The molecule has 0 bridgehead atoms. The van der Waals surface area contributed by atoms with Crippen LogP contribution in [0.25, 0.3) is 0 Å². The lowest BCUT2D eigenvalue weighted by Crippen LogP contribution is -2.27. The number of rotatable bonds is 4. The van der Waals surface area contributed by atoms with Gasteiger partial charge < -0.3 is 3.07 Å². The molecular weight excluding hydrogens is 251 g/mol. The van der Waals surface area contributed by atoms with Crippen molar-refractivity contribution in [2.45, 2.75) is 40.7 Å². The standard InChI is InChI=1S/C9H19IO/c1-6(2)8(5)9(11-10)7(3)4/h6-9H,1-5H3. The summed E-state index contributed by atoms with van der Waals surface area (Å²) in [6.07, 6.45) is 0.399. The molecule has 0 aromatic heterocycles. The van der Waals surface area contributed by atoms with Crippen LogP contribution >= 0.6 is 23.0 Å². The fourth-order valence-electron chi connectivity index (χ4n) is 1.17. The van der Waals surface area contributed by atoms with Gasteiger partial charge in [0.25, 0.3) is 0 Å². The van der Waals surface area contributed by atoms with Crippen molar-refractivity contribution in [1.29, 1.82) is 0 Å². The van der Waals surface area contributed by atoms with Crippen LogP contribution in [-0.2, 0) is 3.07 Å². The Morgan fingerprint density at radius 2 is 1.36 bits per heavy atom. The Labute approximate surface area is 84.6 Å². The zero-order valence-corrected chi connectivity index (χ0v) is 10.3. The fourth-order valence-corrected chi connectivity index (χ4v) is 2.22. The minimum atomic E-state index is 0.399. The number of hydrogen-bond donors (Lipinski definition) is 0. The molecule has 0 spiro atoms. The second-order valence-corrected chi connectivity index (χ2v) is 4.41. The monoisotopic (exact) mass is 270 g/mol. The van der Waals surface area contributed by atoms with E-state index in [1.165, 1.54) is 0 Å². The Morgan fingerprint density at radius 3 is 1.45 bits per heavy atom. The smallest absolute Gasteiger partial charge is 0.110 e. The molecule has 0 aliphatic carbocycles. The predicted molar refractivity (Wildman–Crippen MR) is 57.7 cm³/mol. The highest BCUT2D eigenvalue weighted by Crippen LogP contribution is 2.24.